The first-order chi connectivity index (χ1) is 9.06. The van der Waals surface area contributed by atoms with Crippen molar-refractivity contribution in [3.8, 4) is 0 Å². The van der Waals surface area contributed by atoms with E-state index >= 15 is 0 Å². The monoisotopic (exact) mass is 260 g/mol. The van der Waals surface area contributed by atoms with Crippen LogP contribution in [0.1, 0.15) is 27.4 Å². The van der Waals surface area contributed by atoms with Gasteiger partial charge >= 0.3 is 0 Å². The molecule has 0 atom stereocenters. The van der Waals surface area contributed by atoms with Crippen LogP contribution in [0.3, 0.4) is 0 Å². The Hall–Kier alpha value is -2.43. The lowest BCUT2D eigenvalue weighted by atomic mass is 10.2. The van der Waals surface area contributed by atoms with Crippen LogP contribution in [-0.4, -0.2) is 12.1 Å². The molecule has 98 valence electrons. The van der Waals surface area contributed by atoms with Crippen molar-refractivity contribution in [1.29, 1.82) is 0 Å². The van der Waals surface area contributed by atoms with E-state index in [1.807, 2.05) is 0 Å². The number of carbonyl (C=O) groups excluding carboxylic acids is 1. The van der Waals surface area contributed by atoms with E-state index in [2.05, 4.69) is 10.5 Å². The molecule has 2 rings (SSSR count). The Morgan fingerprint density at radius 3 is 2.58 bits per heavy atom. The van der Waals surface area contributed by atoms with Crippen molar-refractivity contribution >= 4 is 12.1 Å². The molecular weight excluding hydrogens is 247 g/mol. The number of amides is 1. The van der Waals surface area contributed by atoms with Gasteiger partial charge in [-0.05, 0) is 37.6 Å². The number of nitrogens with one attached hydrogen (secondary N) is 1. The zero-order valence-electron chi connectivity index (χ0n) is 10.6. The standard InChI is InChI=1S/C14H13FN2O2/c1-9-7-13(10(2)19-9)14(18)17-16-8-11-3-5-12(15)6-4-11/h3-8H,1-2H3,(H,17,18)/b16-8-. The van der Waals surface area contributed by atoms with Gasteiger partial charge in [-0.2, -0.15) is 5.10 Å². The average Bonchev–Trinajstić information content (AvgIpc) is 2.71. The molecule has 1 aromatic heterocycles. The summed E-state index contributed by atoms with van der Waals surface area (Å²) in [5, 5.41) is 3.81. The zero-order valence-corrected chi connectivity index (χ0v) is 10.6. The van der Waals surface area contributed by atoms with Crippen LogP contribution in [0.2, 0.25) is 0 Å². The van der Waals surface area contributed by atoms with Crippen LogP contribution in [0, 0.1) is 19.7 Å². The summed E-state index contributed by atoms with van der Waals surface area (Å²) >= 11 is 0. The number of hydrogen-bond acceptors (Lipinski definition) is 3. The summed E-state index contributed by atoms with van der Waals surface area (Å²) in [5.41, 5.74) is 3.54. The van der Waals surface area contributed by atoms with Crippen LogP contribution in [0.4, 0.5) is 4.39 Å². The van der Waals surface area contributed by atoms with Crippen molar-refractivity contribution in [3.05, 3.63) is 58.8 Å². The van der Waals surface area contributed by atoms with Crippen molar-refractivity contribution < 1.29 is 13.6 Å². The zero-order chi connectivity index (χ0) is 13.8. The predicted octanol–water partition coefficient (Wildman–Crippen LogP) is 2.80. The summed E-state index contributed by atoms with van der Waals surface area (Å²) in [5.74, 6) is 0.565. The fraction of sp³-hybridized carbons (Fsp3) is 0.143. The van der Waals surface area contributed by atoms with Crippen molar-refractivity contribution in [1.82, 2.24) is 5.43 Å². The third-order valence-corrected chi connectivity index (χ3v) is 2.54. The van der Waals surface area contributed by atoms with E-state index in [1.54, 1.807) is 32.0 Å². The van der Waals surface area contributed by atoms with Gasteiger partial charge in [-0.25, -0.2) is 9.82 Å². The van der Waals surface area contributed by atoms with Gasteiger partial charge in [0.2, 0.25) is 0 Å². The number of halogens is 1. The van der Waals surface area contributed by atoms with Crippen molar-refractivity contribution in [2.24, 2.45) is 5.10 Å². The minimum atomic E-state index is -0.340. The summed E-state index contributed by atoms with van der Waals surface area (Å²) in [6.45, 7) is 3.48. The molecule has 0 saturated heterocycles. The molecule has 0 aliphatic carbocycles. The molecular formula is C14H13FN2O2. The van der Waals surface area contributed by atoms with E-state index in [0.29, 0.717) is 22.6 Å². The van der Waals surface area contributed by atoms with E-state index in [-0.39, 0.29) is 11.7 Å². The number of aryl methyl sites for hydroxylation is 2. The molecule has 0 spiro atoms. The number of hydrazone groups is 1. The molecule has 0 aliphatic heterocycles. The Labute approximate surface area is 109 Å². The Bertz CT molecular complexity index is 615. The molecule has 1 heterocycles. The summed E-state index contributed by atoms with van der Waals surface area (Å²) in [6.07, 6.45) is 1.44. The molecule has 1 aromatic carbocycles. The fourth-order valence-corrected chi connectivity index (χ4v) is 1.63. The maximum atomic E-state index is 12.7. The first-order valence-corrected chi connectivity index (χ1v) is 5.72. The fourth-order valence-electron chi connectivity index (χ4n) is 1.63. The molecule has 0 bridgehead atoms. The van der Waals surface area contributed by atoms with Gasteiger partial charge < -0.3 is 4.42 Å². The van der Waals surface area contributed by atoms with Crippen LogP contribution >= 0.6 is 0 Å². The van der Waals surface area contributed by atoms with Crippen LogP contribution in [0.5, 0.6) is 0 Å². The number of furan rings is 1. The van der Waals surface area contributed by atoms with Crippen LogP contribution in [0.25, 0.3) is 0 Å². The molecule has 0 saturated carbocycles. The molecule has 2 aromatic rings. The van der Waals surface area contributed by atoms with Gasteiger partial charge in [0.05, 0.1) is 11.8 Å². The first-order valence-electron chi connectivity index (χ1n) is 5.72. The Kier molecular flexibility index (Phi) is 3.75. The molecule has 0 aliphatic rings. The minimum Gasteiger partial charge on any atom is -0.466 e. The van der Waals surface area contributed by atoms with Crippen molar-refractivity contribution in [2.75, 3.05) is 0 Å². The normalized spacial score (nSPS) is 10.9. The van der Waals surface area contributed by atoms with E-state index in [9.17, 15) is 9.18 Å². The number of carbonyl (C=O) groups is 1. The summed E-state index contributed by atoms with van der Waals surface area (Å²) < 4.78 is 17.9. The van der Waals surface area contributed by atoms with Gasteiger partial charge in [-0.3, -0.25) is 4.79 Å². The van der Waals surface area contributed by atoms with Gasteiger partial charge in [0.15, 0.2) is 0 Å². The van der Waals surface area contributed by atoms with Gasteiger partial charge in [-0.15, -0.1) is 0 Å². The second kappa shape index (κ2) is 5.48. The summed E-state index contributed by atoms with van der Waals surface area (Å²) in [6, 6.07) is 7.44. The quantitative estimate of drug-likeness (QED) is 0.681. The Morgan fingerprint density at radius 2 is 2.00 bits per heavy atom. The largest absolute Gasteiger partial charge is 0.466 e. The lowest BCUT2D eigenvalue weighted by Crippen LogP contribution is -2.17. The lowest BCUT2D eigenvalue weighted by molar-refractivity contribution is 0.0953. The summed E-state index contributed by atoms with van der Waals surface area (Å²) in [7, 11) is 0. The highest BCUT2D eigenvalue weighted by Gasteiger charge is 2.12. The molecule has 4 nitrogen and oxygen atoms in total. The minimum absolute atomic E-state index is 0.314. The van der Waals surface area contributed by atoms with E-state index in [0.717, 1.165) is 0 Å². The van der Waals surface area contributed by atoms with E-state index in [1.165, 1.54) is 18.3 Å². The van der Waals surface area contributed by atoms with Crippen LogP contribution < -0.4 is 5.43 Å². The van der Waals surface area contributed by atoms with E-state index in [4.69, 9.17) is 4.42 Å². The highest BCUT2D eigenvalue weighted by atomic mass is 19.1. The smallest absolute Gasteiger partial charge is 0.274 e. The maximum absolute atomic E-state index is 12.7. The van der Waals surface area contributed by atoms with E-state index < -0.39 is 0 Å². The average molecular weight is 260 g/mol. The predicted molar refractivity (Wildman–Crippen MR) is 69.6 cm³/mol. The highest BCUT2D eigenvalue weighted by molar-refractivity contribution is 5.95. The topological polar surface area (TPSA) is 54.6 Å². The van der Waals surface area contributed by atoms with Crippen molar-refractivity contribution in [2.45, 2.75) is 13.8 Å². The third-order valence-electron chi connectivity index (χ3n) is 2.54. The summed E-state index contributed by atoms with van der Waals surface area (Å²) in [4.78, 5) is 11.8. The SMILES string of the molecule is Cc1cc(C(=O)N/N=C\c2ccc(F)cc2)c(C)o1. The van der Waals surface area contributed by atoms with Gasteiger partial charge in [-0.1, -0.05) is 12.1 Å². The van der Waals surface area contributed by atoms with Crippen LogP contribution in [-0.2, 0) is 0 Å². The lowest BCUT2D eigenvalue weighted by Gasteiger charge is -1.97. The number of nitrogens with zero attached hydrogens (tertiary/aromatic N) is 1. The Morgan fingerprint density at radius 1 is 1.32 bits per heavy atom. The van der Waals surface area contributed by atoms with Gasteiger partial charge in [0.1, 0.15) is 17.3 Å². The highest BCUT2D eigenvalue weighted by Crippen LogP contribution is 2.13. The van der Waals surface area contributed by atoms with Crippen LogP contribution in [0.15, 0.2) is 39.9 Å². The molecule has 5 heteroatoms. The third kappa shape index (κ3) is 3.28. The second-order valence-electron chi connectivity index (χ2n) is 4.08. The molecule has 19 heavy (non-hydrogen) atoms. The first kappa shape index (κ1) is 13.0. The second-order valence-corrected chi connectivity index (χ2v) is 4.08. The molecule has 1 N–H and O–H groups in total. The van der Waals surface area contributed by atoms with Crippen molar-refractivity contribution in [3.63, 3.8) is 0 Å². The maximum Gasteiger partial charge on any atom is 0.274 e. The molecule has 0 radical (unpaired) electrons. The van der Waals surface area contributed by atoms with Gasteiger partial charge in [0, 0.05) is 0 Å². The number of benzene rings is 1. The molecule has 1 amide bonds. The molecule has 0 unspecified atom stereocenters. The molecule has 0 fully saturated rings. The number of rotatable bonds is 3. The number of hydrogen-bond donors (Lipinski definition) is 1. The van der Waals surface area contributed by atoms with Gasteiger partial charge in [0.25, 0.3) is 5.91 Å². The Balaban J connectivity index is 2.00.